The lowest BCUT2D eigenvalue weighted by Gasteiger charge is -2.29. The summed E-state index contributed by atoms with van der Waals surface area (Å²) in [5.41, 5.74) is -2.59. The van der Waals surface area contributed by atoms with Crippen molar-refractivity contribution in [3.63, 3.8) is 0 Å². The van der Waals surface area contributed by atoms with Gasteiger partial charge in [0.25, 0.3) is 5.56 Å². The Morgan fingerprint density at radius 2 is 1.95 bits per heavy atom. The molecule has 1 heterocycles. The average Bonchev–Trinajstić information content (AvgIpc) is 2.24. The third-order valence-electron chi connectivity index (χ3n) is 2.80. The molecule has 0 aliphatic carbocycles. The van der Waals surface area contributed by atoms with Gasteiger partial charge in [-0.25, -0.2) is 17.9 Å². The molecule has 0 saturated carbocycles. The molecule has 0 fully saturated rings. The summed E-state index contributed by atoms with van der Waals surface area (Å²) in [4.78, 5) is 36.4. The molecule has 0 aromatic carbocycles. The van der Waals surface area contributed by atoms with Gasteiger partial charge in [0, 0.05) is 12.2 Å². The first-order chi connectivity index (χ1) is 9.43. The molecule has 1 atom stereocenters. The van der Waals surface area contributed by atoms with Crippen LogP contribution in [0.25, 0.3) is 0 Å². The molecule has 1 rings (SSSR count). The van der Waals surface area contributed by atoms with Crippen molar-refractivity contribution < 1.29 is 18.3 Å². The Hall–Kier alpha value is -1.94. The van der Waals surface area contributed by atoms with Crippen LogP contribution in [0.3, 0.4) is 0 Å². The van der Waals surface area contributed by atoms with Crippen molar-refractivity contribution in [2.24, 2.45) is 5.41 Å². The van der Waals surface area contributed by atoms with E-state index in [2.05, 4.69) is 9.71 Å². The second-order valence-corrected chi connectivity index (χ2v) is 7.26. The number of rotatable bonds is 5. The Labute approximate surface area is 120 Å². The third kappa shape index (κ3) is 4.53. The molecule has 0 bridgehead atoms. The first-order valence-corrected chi connectivity index (χ1v) is 7.48. The Morgan fingerprint density at radius 1 is 1.38 bits per heavy atom. The first kappa shape index (κ1) is 17.1. The molecule has 118 valence electrons. The number of carboxylic acids is 1. The van der Waals surface area contributed by atoms with Crippen molar-refractivity contribution in [2.45, 2.75) is 38.1 Å². The number of H-pyrrole nitrogens is 2. The minimum atomic E-state index is -4.26. The Balaban J connectivity index is 3.20. The van der Waals surface area contributed by atoms with Gasteiger partial charge in [0.05, 0.1) is 6.42 Å². The zero-order valence-electron chi connectivity index (χ0n) is 11.8. The standard InChI is InChI=1S/C11H17N3O6S/c1-11(2,3)7(4-8(15)16)14-21(19,20)6-5-12-10(18)13-9(6)17/h5,7,14H,4H2,1-3H3,(H,15,16)(H2,12,13,17,18). The number of aliphatic carboxylic acids is 1. The molecule has 0 spiro atoms. The van der Waals surface area contributed by atoms with Crippen LogP contribution in [0.4, 0.5) is 0 Å². The van der Waals surface area contributed by atoms with Crippen molar-refractivity contribution in [3.8, 4) is 0 Å². The van der Waals surface area contributed by atoms with Crippen molar-refractivity contribution in [3.05, 3.63) is 27.0 Å². The van der Waals surface area contributed by atoms with Gasteiger partial charge in [-0.2, -0.15) is 0 Å². The summed E-state index contributed by atoms with van der Waals surface area (Å²) in [6.07, 6.45) is 0.327. The van der Waals surface area contributed by atoms with E-state index in [4.69, 9.17) is 5.11 Å². The molecule has 0 amide bonds. The fourth-order valence-corrected chi connectivity index (χ4v) is 2.99. The zero-order chi connectivity index (χ0) is 16.4. The van der Waals surface area contributed by atoms with Crippen molar-refractivity contribution >= 4 is 16.0 Å². The highest BCUT2D eigenvalue weighted by Crippen LogP contribution is 2.23. The van der Waals surface area contributed by atoms with Crippen LogP contribution in [0.1, 0.15) is 27.2 Å². The highest BCUT2D eigenvalue weighted by atomic mass is 32.2. The predicted octanol–water partition coefficient (Wildman–Crippen LogP) is -0.769. The molecular formula is C11H17N3O6S. The minimum Gasteiger partial charge on any atom is -0.481 e. The summed E-state index contributed by atoms with van der Waals surface area (Å²) in [6, 6.07) is -0.925. The van der Waals surface area contributed by atoms with Crippen LogP contribution in [0.5, 0.6) is 0 Å². The maximum absolute atomic E-state index is 12.2. The normalized spacial score (nSPS) is 13.9. The van der Waals surface area contributed by atoms with Gasteiger partial charge >= 0.3 is 11.7 Å². The van der Waals surface area contributed by atoms with E-state index in [1.54, 1.807) is 25.8 Å². The van der Waals surface area contributed by atoms with Crippen molar-refractivity contribution in [1.82, 2.24) is 14.7 Å². The lowest BCUT2D eigenvalue weighted by molar-refractivity contribution is -0.138. The number of aromatic nitrogens is 2. The summed E-state index contributed by atoms with van der Waals surface area (Å²) in [5.74, 6) is -1.17. The van der Waals surface area contributed by atoms with E-state index in [9.17, 15) is 22.8 Å². The number of carbonyl (C=O) groups is 1. The van der Waals surface area contributed by atoms with E-state index < -0.39 is 50.0 Å². The van der Waals surface area contributed by atoms with Crippen LogP contribution in [-0.2, 0) is 14.8 Å². The highest BCUT2D eigenvalue weighted by Gasteiger charge is 2.32. The molecule has 1 aromatic rings. The van der Waals surface area contributed by atoms with Gasteiger partial charge in [0.1, 0.15) is 0 Å². The Bertz CT molecular complexity index is 740. The van der Waals surface area contributed by atoms with Crippen molar-refractivity contribution in [1.29, 1.82) is 0 Å². The highest BCUT2D eigenvalue weighted by molar-refractivity contribution is 7.89. The summed E-state index contributed by atoms with van der Waals surface area (Å²) in [7, 11) is -4.26. The van der Waals surface area contributed by atoms with E-state index in [-0.39, 0.29) is 0 Å². The van der Waals surface area contributed by atoms with Crippen LogP contribution in [-0.4, -0.2) is 35.5 Å². The Kier molecular flexibility index (Phi) is 4.74. The smallest absolute Gasteiger partial charge is 0.325 e. The molecular weight excluding hydrogens is 302 g/mol. The predicted molar refractivity (Wildman–Crippen MR) is 73.5 cm³/mol. The molecule has 0 aliphatic heterocycles. The van der Waals surface area contributed by atoms with Crippen LogP contribution >= 0.6 is 0 Å². The molecule has 0 radical (unpaired) electrons. The molecule has 0 aliphatic rings. The van der Waals surface area contributed by atoms with Gasteiger partial charge in [-0.3, -0.25) is 14.6 Å². The van der Waals surface area contributed by atoms with Gasteiger partial charge in [0.2, 0.25) is 10.0 Å². The number of nitrogens with one attached hydrogen (secondary N) is 3. The van der Waals surface area contributed by atoms with Crippen LogP contribution < -0.4 is 16.0 Å². The topological polar surface area (TPSA) is 149 Å². The molecule has 1 aromatic heterocycles. The largest absolute Gasteiger partial charge is 0.481 e. The summed E-state index contributed by atoms with van der Waals surface area (Å²) in [5, 5.41) is 8.86. The van der Waals surface area contributed by atoms with Gasteiger partial charge in [0.15, 0.2) is 4.90 Å². The van der Waals surface area contributed by atoms with Crippen LogP contribution in [0.15, 0.2) is 20.7 Å². The average molecular weight is 319 g/mol. The molecule has 0 saturated heterocycles. The van der Waals surface area contributed by atoms with E-state index in [1.165, 1.54) is 0 Å². The van der Waals surface area contributed by atoms with Gasteiger partial charge in [-0.1, -0.05) is 20.8 Å². The monoisotopic (exact) mass is 319 g/mol. The molecule has 1 unspecified atom stereocenters. The fourth-order valence-electron chi connectivity index (χ4n) is 1.55. The van der Waals surface area contributed by atoms with E-state index in [0.717, 1.165) is 6.20 Å². The molecule has 21 heavy (non-hydrogen) atoms. The maximum Gasteiger partial charge on any atom is 0.325 e. The van der Waals surface area contributed by atoms with Gasteiger partial charge < -0.3 is 10.1 Å². The fraction of sp³-hybridized carbons (Fsp3) is 0.545. The molecule has 9 nitrogen and oxygen atoms in total. The quantitative estimate of drug-likeness (QED) is 0.560. The summed E-state index contributed by atoms with van der Waals surface area (Å²) in [6.45, 7) is 5.00. The number of hydrogen-bond acceptors (Lipinski definition) is 5. The number of aromatic amines is 2. The third-order valence-corrected chi connectivity index (χ3v) is 4.27. The van der Waals surface area contributed by atoms with Crippen molar-refractivity contribution in [2.75, 3.05) is 0 Å². The van der Waals surface area contributed by atoms with E-state index >= 15 is 0 Å². The summed E-state index contributed by atoms with van der Waals surface area (Å²) < 4.78 is 26.5. The summed E-state index contributed by atoms with van der Waals surface area (Å²) >= 11 is 0. The van der Waals surface area contributed by atoms with Crippen LogP contribution in [0, 0.1) is 5.41 Å². The second kappa shape index (κ2) is 5.82. The van der Waals surface area contributed by atoms with E-state index in [0.29, 0.717) is 0 Å². The lowest BCUT2D eigenvalue weighted by Crippen LogP contribution is -2.46. The first-order valence-electron chi connectivity index (χ1n) is 5.99. The van der Waals surface area contributed by atoms with Gasteiger partial charge in [-0.15, -0.1) is 0 Å². The minimum absolute atomic E-state index is 0.440. The maximum atomic E-state index is 12.2. The lowest BCUT2D eigenvalue weighted by atomic mass is 9.85. The number of hydrogen-bond donors (Lipinski definition) is 4. The Morgan fingerprint density at radius 3 is 2.38 bits per heavy atom. The molecule has 10 heteroatoms. The number of sulfonamides is 1. The second-order valence-electron chi connectivity index (χ2n) is 5.57. The molecule has 4 N–H and O–H groups in total. The zero-order valence-corrected chi connectivity index (χ0v) is 12.6. The SMILES string of the molecule is CC(C)(C)C(CC(=O)O)NS(=O)(=O)c1c[nH]c(=O)[nH]c1=O. The number of carboxylic acid groups (broad SMARTS) is 1. The van der Waals surface area contributed by atoms with Gasteiger partial charge in [-0.05, 0) is 5.41 Å². The van der Waals surface area contributed by atoms with Crippen LogP contribution in [0.2, 0.25) is 0 Å². The van der Waals surface area contributed by atoms with E-state index in [1.807, 2.05) is 0 Å².